The van der Waals surface area contributed by atoms with Crippen LogP contribution in [0.5, 0.6) is 11.5 Å². The molecule has 0 saturated carbocycles. The lowest BCUT2D eigenvalue weighted by atomic mass is 9.97. The summed E-state index contributed by atoms with van der Waals surface area (Å²) in [4.78, 5) is 0. The first-order valence-corrected chi connectivity index (χ1v) is 7.47. The monoisotopic (exact) mass is 283 g/mol. The molecule has 1 N–H and O–H groups in total. The van der Waals surface area contributed by atoms with Gasteiger partial charge in [-0.1, -0.05) is 43.7 Å². The summed E-state index contributed by atoms with van der Waals surface area (Å²) in [6, 6.07) is 15.1. The van der Waals surface area contributed by atoms with Gasteiger partial charge in [-0.15, -0.1) is 0 Å². The predicted octanol–water partition coefficient (Wildman–Crippen LogP) is 3.68. The van der Waals surface area contributed by atoms with Gasteiger partial charge in [-0.3, -0.25) is 0 Å². The third-order valence-electron chi connectivity index (χ3n) is 3.87. The molecule has 0 saturated heterocycles. The molecule has 1 heterocycles. The second-order valence-electron chi connectivity index (χ2n) is 5.33. The highest BCUT2D eigenvalue weighted by Crippen LogP contribution is 2.35. The molecule has 0 spiro atoms. The third kappa shape index (κ3) is 2.88. The van der Waals surface area contributed by atoms with E-state index in [0.29, 0.717) is 6.79 Å². The van der Waals surface area contributed by atoms with Gasteiger partial charge < -0.3 is 14.8 Å². The second kappa shape index (κ2) is 6.19. The summed E-state index contributed by atoms with van der Waals surface area (Å²) >= 11 is 0. The molecule has 2 aromatic rings. The molecule has 0 bridgehead atoms. The van der Waals surface area contributed by atoms with Gasteiger partial charge in [0.1, 0.15) is 0 Å². The largest absolute Gasteiger partial charge is 0.454 e. The van der Waals surface area contributed by atoms with E-state index < -0.39 is 0 Å². The minimum atomic E-state index is 0.162. The summed E-state index contributed by atoms with van der Waals surface area (Å²) in [6.45, 7) is 2.52. The molecular formula is C18H21NO2. The molecule has 0 radical (unpaired) electrons. The molecule has 0 aromatic heterocycles. The van der Waals surface area contributed by atoms with Crippen LogP contribution in [0, 0.1) is 0 Å². The van der Waals surface area contributed by atoms with Crippen molar-refractivity contribution in [3.8, 4) is 11.5 Å². The number of hydrogen-bond acceptors (Lipinski definition) is 3. The van der Waals surface area contributed by atoms with Gasteiger partial charge in [-0.25, -0.2) is 0 Å². The van der Waals surface area contributed by atoms with E-state index in [-0.39, 0.29) is 6.04 Å². The number of ether oxygens (including phenoxy) is 2. The predicted molar refractivity (Wildman–Crippen MR) is 83.9 cm³/mol. The van der Waals surface area contributed by atoms with Gasteiger partial charge in [0.15, 0.2) is 11.5 Å². The Labute approximate surface area is 125 Å². The maximum Gasteiger partial charge on any atom is 0.231 e. The number of hydrogen-bond donors (Lipinski definition) is 1. The highest BCUT2D eigenvalue weighted by Gasteiger charge is 2.18. The molecule has 3 nitrogen and oxygen atoms in total. The van der Waals surface area contributed by atoms with Gasteiger partial charge in [0.25, 0.3) is 0 Å². The Kier molecular flexibility index (Phi) is 4.11. The van der Waals surface area contributed by atoms with Gasteiger partial charge in [-0.05, 0) is 42.3 Å². The lowest BCUT2D eigenvalue weighted by Crippen LogP contribution is -2.17. The van der Waals surface area contributed by atoms with Crippen molar-refractivity contribution in [2.24, 2.45) is 0 Å². The molecule has 0 amide bonds. The zero-order chi connectivity index (χ0) is 14.7. The Morgan fingerprint density at radius 2 is 1.71 bits per heavy atom. The number of aryl methyl sites for hydroxylation is 1. The Balaban J connectivity index is 1.87. The molecule has 1 atom stereocenters. The second-order valence-corrected chi connectivity index (χ2v) is 5.33. The van der Waals surface area contributed by atoms with Crippen molar-refractivity contribution in [3.63, 3.8) is 0 Å². The Hall–Kier alpha value is -2.00. The average Bonchev–Trinajstić information content (AvgIpc) is 2.98. The Bertz CT molecular complexity index is 607. The van der Waals surface area contributed by atoms with Crippen molar-refractivity contribution in [2.75, 3.05) is 13.8 Å². The summed E-state index contributed by atoms with van der Waals surface area (Å²) in [7, 11) is 1.98. The lowest BCUT2D eigenvalue weighted by Gasteiger charge is -2.18. The number of nitrogens with one attached hydrogen (secondary N) is 1. The molecule has 1 aliphatic rings. The Morgan fingerprint density at radius 1 is 1.00 bits per heavy atom. The van der Waals surface area contributed by atoms with Crippen LogP contribution in [-0.2, 0) is 6.42 Å². The summed E-state index contributed by atoms with van der Waals surface area (Å²) in [5, 5.41) is 3.38. The zero-order valence-corrected chi connectivity index (χ0v) is 12.6. The fraction of sp³-hybridized carbons (Fsp3) is 0.333. The van der Waals surface area contributed by atoms with Crippen molar-refractivity contribution in [2.45, 2.75) is 25.8 Å². The van der Waals surface area contributed by atoms with Crippen LogP contribution >= 0.6 is 0 Å². The van der Waals surface area contributed by atoms with E-state index >= 15 is 0 Å². The van der Waals surface area contributed by atoms with Crippen molar-refractivity contribution in [1.29, 1.82) is 0 Å². The van der Waals surface area contributed by atoms with Crippen molar-refractivity contribution >= 4 is 0 Å². The van der Waals surface area contributed by atoms with Gasteiger partial charge >= 0.3 is 0 Å². The summed E-state index contributed by atoms with van der Waals surface area (Å²) in [5.74, 6) is 1.65. The van der Waals surface area contributed by atoms with E-state index in [1.54, 1.807) is 0 Å². The topological polar surface area (TPSA) is 30.5 Å². The molecule has 110 valence electrons. The van der Waals surface area contributed by atoms with Gasteiger partial charge in [0.05, 0.1) is 6.04 Å². The van der Waals surface area contributed by atoms with E-state index in [1.165, 1.54) is 23.1 Å². The molecule has 0 fully saturated rings. The maximum atomic E-state index is 5.47. The summed E-state index contributed by atoms with van der Waals surface area (Å²) < 4.78 is 10.8. The fourth-order valence-electron chi connectivity index (χ4n) is 2.78. The quantitative estimate of drug-likeness (QED) is 0.908. The van der Waals surface area contributed by atoms with E-state index in [4.69, 9.17) is 9.47 Å². The van der Waals surface area contributed by atoms with E-state index in [9.17, 15) is 0 Å². The summed E-state index contributed by atoms with van der Waals surface area (Å²) in [6.07, 6.45) is 2.31. The van der Waals surface area contributed by atoms with Crippen molar-refractivity contribution in [1.82, 2.24) is 5.32 Å². The molecule has 3 rings (SSSR count). The van der Waals surface area contributed by atoms with Gasteiger partial charge in [0.2, 0.25) is 6.79 Å². The molecule has 1 unspecified atom stereocenters. The van der Waals surface area contributed by atoms with Crippen LogP contribution in [0.4, 0.5) is 0 Å². The first kappa shape index (κ1) is 14.0. The highest BCUT2D eigenvalue weighted by atomic mass is 16.7. The van der Waals surface area contributed by atoms with Crippen LogP contribution in [0.15, 0.2) is 42.5 Å². The van der Waals surface area contributed by atoms with Crippen molar-refractivity contribution < 1.29 is 9.47 Å². The van der Waals surface area contributed by atoms with Crippen LogP contribution in [0.1, 0.15) is 36.1 Å². The van der Waals surface area contributed by atoms with Gasteiger partial charge in [0, 0.05) is 0 Å². The minimum absolute atomic E-state index is 0.162. The summed E-state index contributed by atoms with van der Waals surface area (Å²) in [5.41, 5.74) is 3.84. The number of benzene rings is 2. The maximum absolute atomic E-state index is 5.47. The van der Waals surface area contributed by atoms with Crippen LogP contribution < -0.4 is 14.8 Å². The molecular weight excluding hydrogens is 262 g/mol. The fourth-order valence-corrected chi connectivity index (χ4v) is 2.78. The highest BCUT2D eigenvalue weighted by molar-refractivity contribution is 5.47. The van der Waals surface area contributed by atoms with Gasteiger partial charge in [-0.2, -0.15) is 0 Å². The lowest BCUT2D eigenvalue weighted by molar-refractivity contribution is 0.174. The third-order valence-corrected chi connectivity index (χ3v) is 3.87. The van der Waals surface area contributed by atoms with Crippen molar-refractivity contribution in [3.05, 3.63) is 59.2 Å². The normalized spacial score (nSPS) is 14.2. The molecule has 2 aromatic carbocycles. The van der Waals surface area contributed by atoms with Crippen LogP contribution in [0.25, 0.3) is 0 Å². The molecule has 21 heavy (non-hydrogen) atoms. The van der Waals surface area contributed by atoms with Crippen LogP contribution in [0.3, 0.4) is 0 Å². The first-order valence-electron chi connectivity index (χ1n) is 7.47. The van der Waals surface area contributed by atoms with E-state index in [0.717, 1.165) is 17.9 Å². The number of rotatable bonds is 5. The van der Waals surface area contributed by atoms with Crippen LogP contribution in [-0.4, -0.2) is 13.8 Å². The first-order chi connectivity index (χ1) is 10.3. The Morgan fingerprint density at radius 3 is 2.43 bits per heavy atom. The van der Waals surface area contributed by atoms with Crippen LogP contribution in [0.2, 0.25) is 0 Å². The molecule has 1 aliphatic heterocycles. The van der Waals surface area contributed by atoms with E-state index in [1.807, 2.05) is 13.1 Å². The minimum Gasteiger partial charge on any atom is -0.454 e. The SMILES string of the molecule is CCCc1ccc(C(NC)c2ccc3c(c2)OCO3)cc1. The average molecular weight is 283 g/mol. The molecule has 0 aliphatic carbocycles. The smallest absolute Gasteiger partial charge is 0.231 e. The standard InChI is InChI=1S/C18H21NO2/c1-3-4-13-5-7-14(8-6-13)18(19-2)15-9-10-16-17(11-15)21-12-20-16/h5-11,18-19H,3-4,12H2,1-2H3. The molecule has 3 heteroatoms. The van der Waals surface area contributed by atoms with E-state index in [2.05, 4.69) is 48.6 Å². The zero-order valence-electron chi connectivity index (χ0n) is 12.6. The number of fused-ring (bicyclic) bond motifs is 1.